The number of rotatable bonds is 5. The Morgan fingerprint density at radius 2 is 2.00 bits per heavy atom. The van der Waals surface area contributed by atoms with Crippen LogP contribution >= 0.6 is 35.0 Å². The van der Waals surface area contributed by atoms with Crippen LogP contribution in [0, 0.1) is 0 Å². The Hall–Kier alpha value is -0.430. The molecule has 2 atom stereocenters. The molecule has 1 amide bonds. The van der Waals surface area contributed by atoms with E-state index < -0.39 is 15.1 Å². The molecule has 0 aliphatic carbocycles. The molecule has 2 rings (SSSR count). The van der Waals surface area contributed by atoms with Crippen LogP contribution in [0.25, 0.3) is 0 Å². The predicted molar refractivity (Wildman–Crippen MR) is 96.2 cm³/mol. The molecule has 1 aliphatic rings. The van der Waals surface area contributed by atoms with Gasteiger partial charge in [0.2, 0.25) is 5.91 Å². The summed E-state index contributed by atoms with van der Waals surface area (Å²) in [5, 5.41) is 0.623. The van der Waals surface area contributed by atoms with Crippen molar-refractivity contribution >= 4 is 50.7 Å². The molecule has 1 aromatic rings. The number of sulfone groups is 1. The highest BCUT2D eigenvalue weighted by Gasteiger charge is 2.35. The van der Waals surface area contributed by atoms with Gasteiger partial charge in [0.05, 0.1) is 26.8 Å². The second-order valence-electron chi connectivity index (χ2n) is 5.49. The van der Waals surface area contributed by atoms with Crippen molar-refractivity contribution in [2.75, 3.05) is 18.1 Å². The number of thioether (sulfide) groups is 1. The van der Waals surface area contributed by atoms with Gasteiger partial charge in [-0.15, -0.1) is 11.8 Å². The van der Waals surface area contributed by atoms with Crippen molar-refractivity contribution in [3.05, 3.63) is 28.2 Å². The van der Waals surface area contributed by atoms with Gasteiger partial charge in [-0.3, -0.25) is 4.79 Å². The molecule has 0 saturated carbocycles. The van der Waals surface area contributed by atoms with Crippen LogP contribution in [0.4, 0.5) is 0 Å². The van der Waals surface area contributed by atoms with E-state index in [2.05, 4.69) is 0 Å². The van der Waals surface area contributed by atoms with Crippen molar-refractivity contribution < 1.29 is 13.2 Å². The molecule has 1 aromatic carbocycles. The lowest BCUT2D eigenvalue weighted by molar-refractivity contribution is -0.131. The minimum absolute atomic E-state index is 0.0524. The summed E-state index contributed by atoms with van der Waals surface area (Å²) in [5.74, 6) is 0.117. The third-order valence-electron chi connectivity index (χ3n) is 3.83. The Bertz CT molecular complexity index is 674. The van der Waals surface area contributed by atoms with Gasteiger partial charge in [-0.2, -0.15) is 0 Å². The van der Waals surface area contributed by atoms with Gasteiger partial charge in [0.1, 0.15) is 0 Å². The molecule has 8 heteroatoms. The van der Waals surface area contributed by atoms with E-state index in [4.69, 9.17) is 23.2 Å². The second-order valence-corrected chi connectivity index (χ2v) is 9.89. The molecular weight excluding hydrogens is 377 g/mol. The topological polar surface area (TPSA) is 54.5 Å². The van der Waals surface area contributed by atoms with E-state index in [-0.39, 0.29) is 23.5 Å². The van der Waals surface area contributed by atoms with Crippen LogP contribution in [0.2, 0.25) is 10.0 Å². The average Bonchev–Trinajstić information content (AvgIpc) is 2.83. The summed E-state index contributed by atoms with van der Waals surface area (Å²) in [6, 6.07) is 4.98. The number of amides is 1. The van der Waals surface area contributed by atoms with E-state index in [9.17, 15) is 13.2 Å². The zero-order chi connectivity index (χ0) is 17.2. The number of hydrogen-bond donors (Lipinski definition) is 0. The fraction of sp³-hybridized carbons (Fsp3) is 0.533. The monoisotopic (exact) mass is 395 g/mol. The lowest BCUT2D eigenvalue weighted by Crippen LogP contribution is -2.44. The summed E-state index contributed by atoms with van der Waals surface area (Å²) < 4.78 is 23.3. The van der Waals surface area contributed by atoms with Crippen molar-refractivity contribution in [2.45, 2.75) is 36.5 Å². The molecule has 1 saturated heterocycles. The SMILES string of the molecule is CCN(C(=O)[C@H](C)Sc1c(Cl)cccc1Cl)[C@H]1CCS(=O)(=O)C1. The fourth-order valence-electron chi connectivity index (χ4n) is 2.67. The molecule has 0 spiro atoms. The van der Waals surface area contributed by atoms with Gasteiger partial charge in [-0.1, -0.05) is 29.3 Å². The van der Waals surface area contributed by atoms with Gasteiger partial charge in [-0.25, -0.2) is 8.42 Å². The maximum absolute atomic E-state index is 12.7. The first kappa shape index (κ1) is 18.9. The number of nitrogens with zero attached hydrogens (tertiary/aromatic N) is 1. The van der Waals surface area contributed by atoms with Gasteiger partial charge in [0, 0.05) is 17.5 Å². The molecule has 0 N–H and O–H groups in total. The Morgan fingerprint density at radius 3 is 2.48 bits per heavy atom. The number of halogens is 2. The van der Waals surface area contributed by atoms with Gasteiger partial charge in [-0.05, 0) is 32.4 Å². The molecule has 1 heterocycles. The Labute approximate surface area is 151 Å². The van der Waals surface area contributed by atoms with Crippen LogP contribution in [0.5, 0.6) is 0 Å². The molecule has 1 fully saturated rings. The van der Waals surface area contributed by atoms with Crippen molar-refractivity contribution in [3.63, 3.8) is 0 Å². The van der Waals surface area contributed by atoms with Crippen molar-refractivity contribution in [1.29, 1.82) is 0 Å². The first-order valence-electron chi connectivity index (χ1n) is 7.36. The lowest BCUT2D eigenvalue weighted by atomic mass is 10.2. The normalized spacial score (nSPS) is 21.1. The lowest BCUT2D eigenvalue weighted by Gasteiger charge is -2.29. The minimum Gasteiger partial charge on any atom is -0.338 e. The van der Waals surface area contributed by atoms with E-state index in [1.165, 1.54) is 11.8 Å². The van der Waals surface area contributed by atoms with E-state index >= 15 is 0 Å². The van der Waals surface area contributed by atoms with Crippen molar-refractivity contribution in [2.24, 2.45) is 0 Å². The molecule has 128 valence electrons. The summed E-state index contributed by atoms with van der Waals surface area (Å²) in [6.07, 6.45) is 0.506. The first-order chi connectivity index (χ1) is 10.7. The van der Waals surface area contributed by atoms with Crippen LogP contribution in [-0.4, -0.2) is 48.6 Å². The molecule has 23 heavy (non-hydrogen) atoms. The summed E-state index contributed by atoms with van der Waals surface area (Å²) in [4.78, 5) is 15.1. The summed E-state index contributed by atoms with van der Waals surface area (Å²) >= 11 is 13.6. The largest absolute Gasteiger partial charge is 0.338 e. The van der Waals surface area contributed by atoms with E-state index in [1.54, 1.807) is 30.0 Å². The van der Waals surface area contributed by atoms with Gasteiger partial charge in [0.15, 0.2) is 9.84 Å². The number of carbonyl (C=O) groups is 1. The van der Waals surface area contributed by atoms with E-state index in [1.807, 2.05) is 6.92 Å². The van der Waals surface area contributed by atoms with Crippen molar-refractivity contribution in [1.82, 2.24) is 4.90 Å². The third-order valence-corrected chi connectivity index (χ3v) is 7.67. The molecule has 0 aromatic heterocycles. The molecular formula is C15H19Cl2NO3S2. The zero-order valence-electron chi connectivity index (χ0n) is 13.0. The minimum atomic E-state index is -3.03. The maximum atomic E-state index is 12.7. The summed E-state index contributed by atoms with van der Waals surface area (Å²) in [7, 11) is -3.03. The third kappa shape index (κ3) is 4.56. The fourth-order valence-corrected chi connectivity index (χ4v) is 6.02. The Kier molecular flexibility index (Phi) is 6.28. The smallest absolute Gasteiger partial charge is 0.236 e. The standard InChI is InChI=1S/C15H19Cl2NO3S2/c1-3-18(11-7-8-23(20,21)9-11)15(19)10(2)22-14-12(16)5-4-6-13(14)17/h4-6,10-11H,3,7-9H2,1-2H3/t10-,11-/m0/s1. The van der Waals surface area contributed by atoms with Crippen LogP contribution in [-0.2, 0) is 14.6 Å². The highest BCUT2D eigenvalue weighted by molar-refractivity contribution is 8.00. The maximum Gasteiger partial charge on any atom is 0.236 e. The molecule has 1 aliphatic heterocycles. The number of hydrogen-bond acceptors (Lipinski definition) is 4. The van der Waals surface area contributed by atoms with Crippen LogP contribution in [0.15, 0.2) is 23.1 Å². The second kappa shape index (κ2) is 7.64. The van der Waals surface area contributed by atoms with Crippen LogP contribution in [0.3, 0.4) is 0 Å². The number of carbonyl (C=O) groups excluding carboxylic acids is 1. The molecule has 4 nitrogen and oxygen atoms in total. The molecule has 0 unspecified atom stereocenters. The molecule has 0 radical (unpaired) electrons. The molecule has 0 bridgehead atoms. The van der Waals surface area contributed by atoms with Gasteiger partial charge < -0.3 is 4.90 Å². The quantitative estimate of drug-likeness (QED) is 0.715. The van der Waals surface area contributed by atoms with E-state index in [0.29, 0.717) is 27.9 Å². The zero-order valence-corrected chi connectivity index (χ0v) is 16.1. The van der Waals surface area contributed by atoms with Gasteiger partial charge >= 0.3 is 0 Å². The average molecular weight is 396 g/mol. The first-order valence-corrected chi connectivity index (χ1v) is 10.8. The predicted octanol–water partition coefficient (Wildman–Crippen LogP) is 3.51. The van der Waals surface area contributed by atoms with Crippen molar-refractivity contribution in [3.8, 4) is 0 Å². The van der Waals surface area contributed by atoms with E-state index in [0.717, 1.165) is 0 Å². The Morgan fingerprint density at radius 1 is 1.39 bits per heavy atom. The summed E-state index contributed by atoms with van der Waals surface area (Å²) in [6.45, 7) is 4.14. The highest BCUT2D eigenvalue weighted by atomic mass is 35.5. The summed E-state index contributed by atoms with van der Waals surface area (Å²) in [5.41, 5.74) is 0. The highest BCUT2D eigenvalue weighted by Crippen LogP contribution is 2.37. The van der Waals surface area contributed by atoms with Gasteiger partial charge in [0.25, 0.3) is 0 Å². The Balaban J connectivity index is 2.12. The van der Waals surface area contributed by atoms with Crippen LogP contribution in [0.1, 0.15) is 20.3 Å². The van der Waals surface area contributed by atoms with Crippen LogP contribution < -0.4 is 0 Å². The number of benzene rings is 1.